The number of ether oxygens (including phenoxy) is 2. The van der Waals surface area contributed by atoms with E-state index in [2.05, 4.69) is 0 Å². The lowest BCUT2D eigenvalue weighted by Crippen LogP contribution is -2.36. The Hall–Kier alpha value is -2.04. The van der Waals surface area contributed by atoms with E-state index in [-0.39, 0.29) is 12.1 Å². The molecule has 0 N–H and O–H groups in total. The van der Waals surface area contributed by atoms with Gasteiger partial charge in [0.25, 0.3) is 0 Å². The van der Waals surface area contributed by atoms with Crippen molar-refractivity contribution in [2.75, 3.05) is 13.7 Å². The molecule has 1 saturated heterocycles. The number of rotatable bonds is 3. The van der Waals surface area contributed by atoms with E-state index in [9.17, 15) is 9.59 Å². The molecule has 1 aliphatic heterocycles. The van der Waals surface area contributed by atoms with E-state index in [0.717, 1.165) is 24.7 Å². The number of carbonyl (C=O) groups is 2. The van der Waals surface area contributed by atoms with Gasteiger partial charge in [-0.3, -0.25) is 4.79 Å². The summed E-state index contributed by atoms with van der Waals surface area (Å²) >= 11 is 0. The zero-order chi connectivity index (χ0) is 16.3. The largest absolute Gasteiger partial charge is 0.496 e. The van der Waals surface area contributed by atoms with Crippen LogP contribution in [0.4, 0.5) is 4.79 Å². The van der Waals surface area contributed by atoms with E-state index >= 15 is 0 Å². The molecule has 1 aromatic carbocycles. The van der Waals surface area contributed by atoms with Crippen LogP contribution in [0, 0.1) is 0 Å². The summed E-state index contributed by atoms with van der Waals surface area (Å²) in [4.78, 5) is 25.1. The molecule has 1 fully saturated rings. The number of aldehydes is 1. The number of methoxy groups -OCH3 is 1. The van der Waals surface area contributed by atoms with E-state index in [1.807, 2.05) is 32.9 Å². The van der Waals surface area contributed by atoms with Gasteiger partial charge in [0.2, 0.25) is 0 Å². The van der Waals surface area contributed by atoms with Gasteiger partial charge in [-0.25, -0.2) is 4.79 Å². The maximum absolute atomic E-state index is 12.3. The molecule has 5 heteroatoms. The first-order chi connectivity index (χ1) is 10.4. The van der Waals surface area contributed by atoms with Crippen molar-refractivity contribution < 1.29 is 19.1 Å². The summed E-state index contributed by atoms with van der Waals surface area (Å²) in [7, 11) is 1.53. The van der Waals surface area contributed by atoms with Gasteiger partial charge in [0, 0.05) is 6.54 Å². The van der Waals surface area contributed by atoms with Crippen LogP contribution >= 0.6 is 0 Å². The summed E-state index contributed by atoms with van der Waals surface area (Å²) in [6, 6.07) is 5.40. The first-order valence-electron chi connectivity index (χ1n) is 7.48. The standard InChI is InChI=1S/C17H23NO4/c1-17(2,3)22-16(20)18-9-5-6-14(18)12-7-8-13(11-19)15(10-12)21-4/h7-8,10-11,14H,5-6,9H2,1-4H3/t14-/m0/s1. The first kappa shape index (κ1) is 16.3. The maximum Gasteiger partial charge on any atom is 0.410 e. The number of amides is 1. The van der Waals surface area contributed by atoms with Crippen LogP contribution in [0.15, 0.2) is 18.2 Å². The van der Waals surface area contributed by atoms with Crippen LogP contribution in [0.1, 0.15) is 55.6 Å². The summed E-state index contributed by atoms with van der Waals surface area (Å²) in [5, 5.41) is 0. The monoisotopic (exact) mass is 305 g/mol. The lowest BCUT2D eigenvalue weighted by atomic mass is 10.0. The highest BCUT2D eigenvalue weighted by atomic mass is 16.6. The SMILES string of the molecule is COc1cc([C@@H]2CCCN2C(=O)OC(C)(C)C)ccc1C=O. The first-order valence-corrected chi connectivity index (χ1v) is 7.48. The number of hydrogen-bond acceptors (Lipinski definition) is 4. The highest BCUT2D eigenvalue weighted by Crippen LogP contribution is 2.35. The van der Waals surface area contributed by atoms with Crippen LogP contribution in [0.25, 0.3) is 0 Å². The second-order valence-electron chi connectivity index (χ2n) is 6.45. The molecule has 22 heavy (non-hydrogen) atoms. The Morgan fingerprint density at radius 2 is 2.09 bits per heavy atom. The molecule has 1 aliphatic rings. The number of likely N-dealkylation sites (tertiary alicyclic amines) is 1. The second-order valence-corrected chi connectivity index (χ2v) is 6.45. The third-order valence-electron chi connectivity index (χ3n) is 3.65. The van der Waals surface area contributed by atoms with Crippen LogP contribution in [0.3, 0.4) is 0 Å². The fourth-order valence-electron chi connectivity index (χ4n) is 2.68. The fourth-order valence-corrected chi connectivity index (χ4v) is 2.68. The van der Waals surface area contributed by atoms with Gasteiger partial charge in [0.15, 0.2) is 6.29 Å². The lowest BCUT2D eigenvalue weighted by molar-refractivity contribution is 0.0224. The topological polar surface area (TPSA) is 55.8 Å². The van der Waals surface area contributed by atoms with Gasteiger partial charge in [-0.15, -0.1) is 0 Å². The van der Waals surface area contributed by atoms with Gasteiger partial charge < -0.3 is 14.4 Å². The number of carbonyl (C=O) groups excluding carboxylic acids is 2. The third kappa shape index (κ3) is 3.59. The predicted molar refractivity (Wildman–Crippen MR) is 83.3 cm³/mol. The van der Waals surface area contributed by atoms with Gasteiger partial charge in [0.05, 0.1) is 18.7 Å². The van der Waals surface area contributed by atoms with Crippen molar-refractivity contribution in [3.05, 3.63) is 29.3 Å². The minimum absolute atomic E-state index is 0.0375. The van der Waals surface area contributed by atoms with Crippen LogP contribution in [0.5, 0.6) is 5.75 Å². The molecule has 0 radical (unpaired) electrons. The van der Waals surface area contributed by atoms with E-state index < -0.39 is 5.60 Å². The van der Waals surface area contributed by atoms with E-state index in [4.69, 9.17) is 9.47 Å². The average Bonchev–Trinajstić information content (AvgIpc) is 2.94. The molecule has 0 unspecified atom stereocenters. The van der Waals surface area contributed by atoms with Crippen LogP contribution in [-0.2, 0) is 4.74 Å². The maximum atomic E-state index is 12.3. The minimum atomic E-state index is -0.511. The van der Waals surface area contributed by atoms with Crippen molar-refractivity contribution in [2.24, 2.45) is 0 Å². The van der Waals surface area contributed by atoms with Gasteiger partial charge >= 0.3 is 6.09 Å². The molecule has 2 rings (SSSR count). The van der Waals surface area contributed by atoms with Crippen LogP contribution < -0.4 is 4.74 Å². The summed E-state index contributed by atoms with van der Waals surface area (Å²) in [6.45, 7) is 6.25. The molecular weight excluding hydrogens is 282 g/mol. The Balaban J connectivity index is 2.23. The zero-order valence-electron chi connectivity index (χ0n) is 13.6. The normalized spacial score (nSPS) is 18.2. The van der Waals surface area contributed by atoms with Crippen molar-refractivity contribution in [3.8, 4) is 5.75 Å². The number of benzene rings is 1. The molecule has 5 nitrogen and oxygen atoms in total. The quantitative estimate of drug-likeness (QED) is 0.801. The van der Waals surface area contributed by atoms with Crippen LogP contribution in [-0.4, -0.2) is 36.5 Å². The van der Waals surface area contributed by atoms with Crippen molar-refractivity contribution in [1.82, 2.24) is 4.90 Å². The number of hydrogen-bond donors (Lipinski definition) is 0. The summed E-state index contributed by atoms with van der Waals surface area (Å²) < 4.78 is 10.7. The fraction of sp³-hybridized carbons (Fsp3) is 0.529. The summed E-state index contributed by atoms with van der Waals surface area (Å²) in [5.41, 5.74) is 0.961. The van der Waals surface area contributed by atoms with Gasteiger partial charge in [0.1, 0.15) is 11.4 Å². The van der Waals surface area contributed by atoms with Crippen molar-refractivity contribution >= 4 is 12.4 Å². The lowest BCUT2D eigenvalue weighted by Gasteiger charge is -2.29. The molecule has 1 atom stereocenters. The molecule has 0 aliphatic carbocycles. The van der Waals surface area contributed by atoms with Gasteiger partial charge in [-0.1, -0.05) is 6.07 Å². The Bertz CT molecular complexity index is 562. The molecule has 0 spiro atoms. The number of nitrogens with zero attached hydrogens (tertiary/aromatic N) is 1. The molecule has 0 aromatic heterocycles. The van der Waals surface area contributed by atoms with Gasteiger partial charge in [-0.2, -0.15) is 0 Å². The van der Waals surface area contributed by atoms with Gasteiger partial charge in [-0.05, 0) is 51.3 Å². The smallest absolute Gasteiger partial charge is 0.410 e. The average molecular weight is 305 g/mol. The summed E-state index contributed by atoms with van der Waals surface area (Å²) in [6.07, 6.45) is 2.28. The zero-order valence-corrected chi connectivity index (χ0v) is 13.6. The van der Waals surface area contributed by atoms with Crippen molar-refractivity contribution in [1.29, 1.82) is 0 Å². The molecule has 1 heterocycles. The Morgan fingerprint density at radius 3 is 2.68 bits per heavy atom. The highest BCUT2D eigenvalue weighted by Gasteiger charge is 2.33. The Kier molecular flexibility index (Phi) is 4.74. The Morgan fingerprint density at radius 1 is 1.36 bits per heavy atom. The van der Waals surface area contributed by atoms with Crippen LogP contribution in [0.2, 0.25) is 0 Å². The van der Waals surface area contributed by atoms with E-state index in [1.54, 1.807) is 11.0 Å². The predicted octanol–water partition coefficient (Wildman–Crippen LogP) is 3.58. The van der Waals surface area contributed by atoms with Crippen molar-refractivity contribution in [3.63, 3.8) is 0 Å². The molecular formula is C17H23NO4. The molecule has 0 bridgehead atoms. The van der Waals surface area contributed by atoms with E-state index in [0.29, 0.717) is 17.9 Å². The highest BCUT2D eigenvalue weighted by molar-refractivity contribution is 5.79. The third-order valence-corrected chi connectivity index (χ3v) is 3.65. The molecule has 1 amide bonds. The second kappa shape index (κ2) is 6.38. The minimum Gasteiger partial charge on any atom is -0.496 e. The van der Waals surface area contributed by atoms with Crippen molar-refractivity contribution in [2.45, 2.75) is 45.3 Å². The molecule has 1 aromatic rings. The van der Waals surface area contributed by atoms with E-state index in [1.165, 1.54) is 7.11 Å². The molecule has 0 saturated carbocycles. The molecule has 120 valence electrons. The summed E-state index contributed by atoms with van der Waals surface area (Å²) in [5.74, 6) is 0.531. The Labute approximate surface area is 131 Å².